The Morgan fingerprint density at radius 1 is 0.636 bits per heavy atom. The van der Waals surface area contributed by atoms with Crippen LogP contribution < -0.4 is 0 Å². The normalized spacial score (nSPS) is 10.7. The molecule has 0 radical (unpaired) electrons. The van der Waals surface area contributed by atoms with Gasteiger partial charge in [-0.3, -0.25) is 4.98 Å². The smallest absolute Gasteiger partial charge is 0.316 e. The van der Waals surface area contributed by atoms with Gasteiger partial charge < -0.3 is 9.05 Å². The van der Waals surface area contributed by atoms with Crippen molar-refractivity contribution in [3.63, 3.8) is 0 Å². The third-order valence-corrected chi connectivity index (χ3v) is 3.01. The van der Waals surface area contributed by atoms with E-state index in [1.54, 1.807) is 24.5 Å². The number of nitrogens with zero attached hydrogens (tertiary/aromatic N) is 5. The Hall–Kier alpha value is -3.35. The highest BCUT2D eigenvalue weighted by Crippen LogP contribution is 2.23. The van der Waals surface area contributed by atoms with Crippen molar-refractivity contribution < 1.29 is 9.05 Å². The lowest BCUT2D eigenvalue weighted by Gasteiger charge is -1.90. The molecule has 3 heterocycles. The van der Waals surface area contributed by atoms with Crippen molar-refractivity contribution in [3.8, 4) is 34.6 Å². The monoisotopic (exact) mass is 291 g/mol. The molecule has 0 saturated heterocycles. The van der Waals surface area contributed by atoms with Crippen LogP contribution >= 0.6 is 0 Å². The van der Waals surface area contributed by atoms with Crippen molar-refractivity contribution >= 4 is 0 Å². The van der Waals surface area contributed by atoms with Crippen molar-refractivity contribution in [2.45, 2.75) is 0 Å². The van der Waals surface area contributed by atoms with Crippen LogP contribution in [0.3, 0.4) is 0 Å². The van der Waals surface area contributed by atoms with Crippen molar-refractivity contribution in [2.75, 3.05) is 0 Å². The first kappa shape index (κ1) is 12.4. The zero-order chi connectivity index (χ0) is 14.8. The molecular formula is C15H9N5O2. The summed E-state index contributed by atoms with van der Waals surface area (Å²) in [6, 6.07) is 13.1. The van der Waals surface area contributed by atoms with Crippen molar-refractivity contribution in [2.24, 2.45) is 0 Å². The summed E-state index contributed by atoms with van der Waals surface area (Å²) in [5, 5.41) is 7.82. The second-order valence-electron chi connectivity index (χ2n) is 4.45. The van der Waals surface area contributed by atoms with Gasteiger partial charge in [0, 0.05) is 23.5 Å². The molecule has 0 saturated carbocycles. The van der Waals surface area contributed by atoms with Gasteiger partial charge in [-0.2, -0.15) is 9.97 Å². The fraction of sp³-hybridized carbons (Fsp3) is 0. The Morgan fingerprint density at radius 2 is 1.18 bits per heavy atom. The molecule has 0 spiro atoms. The molecule has 0 amide bonds. The molecule has 106 valence electrons. The van der Waals surface area contributed by atoms with Crippen molar-refractivity contribution in [1.29, 1.82) is 0 Å². The SMILES string of the molecule is c1ccc(-c2noc(-c3nc(-c4ccncc4)no3)n2)cc1. The number of benzene rings is 1. The van der Waals surface area contributed by atoms with Crippen LogP contribution in [-0.2, 0) is 0 Å². The standard InChI is InChI=1S/C15H9N5O2/c1-2-4-10(5-3-1)12-17-14(21-19-12)15-18-13(20-22-15)11-6-8-16-9-7-11/h1-9H. The fourth-order valence-electron chi connectivity index (χ4n) is 1.94. The molecule has 7 nitrogen and oxygen atoms in total. The highest BCUT2D eigenvalue weighted by Gasteiger charge is 2.17. The molecule has 7 heteroatoms. The Balaban J connectivity index is 1.66. The second kappa shape index (κ2) is 5.21. The minimum atomic E-state index is 0.182. The molecule has 0 aliphatic heterocycles. The van der Waals surface area contributed by atoms with Crippen LogP contribution in [0.4, 0.5) is 0 Å². The molecule has 0 bridgehead atoms. The summed E-state index contributed by atoms with van der Waals surface area (Å²) >= 11 is 0. The van der Waals surface area contributed by atoms with Crippen LogP contribution in [0.5, 0.6) is 0 Å². The van der Waals surface area contributed by atoms with E-state index in [1.807, 2.05) is 30.3 Å². The molecule has 4 aromatic rings. The highest BCUT2D eigenvalue weighted by atomic mass is 16.5. The zero-order valence-electron chi connectivity index (χ0n) is 11.2. The van der Waals surface area contributed by atoms with Crippen LogP contribution in [-0.4, -0.2) is 25.3 Å². The van der Waals surface area contributed by atoms with E-state index in [2.05, 4.69) is 25.3 Å². The van der Waals surface area contributed by atoms with Gasteiger partial charge in [0.15, 0.2) is 0 Å². The van der Waals surface area contributed by atoms with Crippen molar-refractivity contribution in [1.82, 2.24) is 25.3 Å². The van der Waals surface area contributed by atoms with Crippen molar-refractivity contribution in [3.05, 3.63) is 54.9 Å². The van der Waals surface area contributed by atoms with Gasteiger partial charge in [0.1, 0.15) is 0 Å². The Bertz CT molecular complexity index is 811. The van der Waals surface area contributed by atoms with Gasteiger partial charge in [-0.05, 0) is 12.1 Å². The first-order valence-corrected chi connectivity index (χ1v) is 6.54. The topological polar surface area (TPSA) is 90.7 Å². The molecule has 22 heavy (non-hydrogen) atoms. The van der Waals surface area contributed by atoms with Gasteiger partial charge in [0.25, 0.3) is 0 Å². The van der Waals surface area contributed by atoms with Crippen LogP contribution in [0.2, 0.25) is 0 Å². The summed E-state index contributed by atoms with van der Waals surface area (Å²) in [6.07, 6.45) is 3.32. The largest absolute Gasteiger partial charge is 0.328 e. The summed E-state index contributed by atoms with van der Waals surface area (Å²) in [6.45, 7) is 0. The van der Waals surface area contributed by atoms with E-state index < -0.39 is 0 Å². The molecule has 0 aliphatic carbocycles. The average molecular weight is 291 g/mol. The summed E-state index contributed by atoms with van der Waals surface area (Å²) in [4.78, 5) is 12.5. The van der Waals surface area contributed by atoms with Crippen LogP contribution in [0.15, 0.2) is 63.9 Å². The van der Waals surface area contributed by atoms with Gasteiger partial charge in [-0.25, -0.2) is 0 Å². The first-order valence-electron chi connectivity index (χ1n) is 6.54. The van der Waals surface area contributed by atoms with Crippen LogP contribution in [0.25, 0.3) is 34.6 Å². The van der Waals surface area contributed by atoms with E-state index in [9.17, 15) is 0 Å². The molecule has 0 aliphatic rings. The first-order chi connectivity index (χ1) is 10.9. The lowest BCUT2D eigenvalue weighted by atomic mass is 10.2. The van der Waals surface area contributed by atoms with E-state index in [-0.39, 0.29) is 11.8 Å². The molecule has 1 aromatic carbocycles. The van der Waals surface area contributed by atoms with E-state index in [0.717, 1.165) is 11.1 Å². The minimum absolute atomic E-state index is 0.182. The van der Waals surface area contributed by atoms with Gasteiger partial charge in [0.05, 0.1) is 0 Å². The third kappa shape index (κ3) is 2.24. The maximum atomic E-state index is 5.18. The maximum absolute atomic E-state index is 5.18. The van der Waals surface area contributed by atoms with E-state index in [1.165, 1.54) is 0 Å². The minimum Gasteiger partial charge on any atom is -0.328 e. The summed E-state index contributed by atoms with van der Waals surface area (Å²) < 4.78 is 10.4. The average Bonchev–Trinajstić information content (AvgIpc) is 3.26. The zero-order valence-corrected chi connectivity index (χ0v) is 11.2. The maximum Gasteiger partial charge on any atom is 0.316 e. The molecule has 3 aromatic heterocycles. The predicted octanol–water partition coefficient (Wildman–Crippen LogP) is 2.85. The fourth-order valence-corrected chi connectivity index (χ4v) is 1.94. The lowest BCUT2D eigenvalue weighted by Crippen LogP contribution is -1.82. The van der Waals surface area contributed by atoms with Gasteiger partial charge >= 0.3 is 11.8 Å². The summed E-state index contributed by atoms with van der Waals surface area (Å²) in [5.41, 5.74) is 1.65. The molecule has 0 unspecified atom stereocenters. The number of hydrogen-bond donors (Lipinski definition) is 0. The third-order valence-electron chi connectivity index (χ3n) is 3.01. The number of aromatic nitrogens is 5. The highest BCUT2D eigenvalue weighted by molar-refractivity contribution is 5.58. The van der Waals surface area contributed by atoms with Gasteiger partial charge in [0.2, 0.25) is 11.6 Å². The lowest BCUT2D eigenvalue weighted by molar-refractivity contribution is 0.383. The molecule has 0 atom stereocenters. The van der Waals surface area contributed by atoms with E-state index >= 15 is 0 Å². The number of pyridine rings is 1. The summed E-state index contributed by atoms with van der Waals surface area (Å²) in [7, 11) is 0. The van der Waals surface area contributed by atoms with Crippen LogP contribution in [0, 0.1) is 0 Å². The Kier molecular flexibility index (Phi) is 2.93. The molecular weight excluding hydrogens is 282 g/mol. The molecule has 0 fully saturated rings. The van der Waals surface area contributed by atoms with E-state index in [4.69, 9.17) is 9.05 Å². The predicted molar refractivity (Wildman–Crippen MR) is 76.3 cm³/mol. The Morgan fingerprint density at radius 3 is 1.77 bits per heavy atom. The Labute approximate surface area is 124 Å². The van der Waals surface area contributed by atoms with Crippen LogP contribution in [0.1, 0.15) is 0 Å². The number of hydrogen-bond acceptors (Lipinski definition) is 7. The summed E-state index contributed by atoms with van der Waals surface area (Å²) in [5.74, 6) is 1.28. The van der Waals surface area contributed by atoms with E-state index in [0.29, 0.717) is 11.6 Å². The molecule has 4 rings (SSSR count). The molecule has 0 N–H and O–H groups in total. The number of rotatable bonds is 3. The van der Waals surface area contributed by atoms with Gasteiger partial charge in [-0.15, -0.1) is 0 Å². The van der Waals surface area contributed by atoms with Gasteiger partial charge in [-0.1, -0.05) is 40.6 Å². The quantitative estimate of drug-likeness (QED) is 0.573. The second-order valence-corrected chi connectivity index (χ2v) is 4.45.